The number of sulfonamides is 1. The van der Waals surface area contributed by atoms with Crippen LogP contribution in [0.25, 0.3) is 0 Å². The van der Waals surface area contributed by atoms with Crippen LogP contribution in [0.1, 0.15) is 5.56 Å². The van der Waals surface area contributed by atoms with Gasteiger partial charge >= 0.3 is 0 Å². The number of nitrogens with one attached hydrogen (secondary N) is 1. The Morgan fingerprint density at radius 2 is 1.88 bits per heavy atom. The second-order valence-electron chi connectivity index (χ2n) is 5.66. The van der Waals surface area contributed by atoms with Crippen molar-refractivity contribution in [3.05, 3.63) is 53.1 Å². The molecule has 0 aromatic heterocycles. The molecular weight excluding hydrogens is 364 g/mol. The Morgan fingerprint density at radius 3 is 2.52 bits per heavy atom. The number of hydrogen-bond acceptors (Lipinski definition) is 4. The summed E-state index contributed by atoms with van der Waals surface area (Å²) in [7, 11) is -3.74. The fraction of sp³-hybridized carbons (Fsp3) is 0.235. The zero-order chi connectivity index (χ0) is 18.0. The van der Waals surface area contributed by atoms with Gasteiger partial charge in [-0.15, -0.1) is 0 Å². The molecule has 6 nitrogen and oxygen atoms in total. The maximum absolute atomic E-state index is 12.5. The van der Waals surface area contributed by atoms with Gasteiger partial charge in [-0.3, -0.25) is 9.52 Å². The number of hydrogen-bond donors (Lipinski definition) is 1. The van der Waals surface area contributed by atoms with Gasteiger partial charge in [0.1, 0.15) is 6.61 Å². The maximum Gasteiger partial charge on any atom is 0.261 e. The van der Waals surface area contributed by atoms with E-state index < -0.39 is 10.0 Å². The van der Waals surface area contributed by atoms with E-state index in [0.717, 1.165) is 5.56 Å². The lowest BCUT2D eigenvalue weighted by Gasteiger charge is -2.26. The average Bonchev–Trinajstić information content (AvgIpc) is 2.58. The molecule has 1 heterocycles. The van der Waals surface area contributed by atoms with Crippen molar-refractivity contribution in [3.8, 4) is 0 Å². The Balaban J connectivity index is 1.80. The summed E-state index contributed by atoms with van der Waals surface area (Å²) in [4.78, 5) is 13.5. The molecule has 1 amide bonds. The fourth-order valence-corrected chi connectivity index (χ4v) is 3.70. The molecule has 0 saturated carbocycles. The number of aryl methyl sites for hydroxylation is 1. The minimum Gasteiger partial charge on any atom is -0.370 e. The number of anilines is 2. The van der Waals surface area contributed by atoms with Gasteiger partial charge in [-0.25, -0.2) is 8.42 Å². The molecule has 0 spiro atoms. The second-order valence-corrected chi connectivity index (χ2v) is 7.75. The third-order valence-corrected chi connectivity index (χ3v) is 5.67. The first-order chi connectivity index (χ1) is 11.9. The van der Waals surface area contributed by atoms with Crippen LogP contribution in [0.2, 0.25) is 5.02 Å². The number of benzene rings is 2. The molecule has 0 radical (unpaired) electrons. The summed E-state index contributed by atoms with van der Waals surface area (Å²) < 4.78 is 32.6. The van der Waals surface area contributed by atoms with Crippen molar-refractivity contribution >= 4 is 38.9 Å². The van der Waals surface area contributed by atoms with Gasteiger partial charge in [0.25, 0.3) is 15.9 Å². The third-order valence-electron chi connectivity index (χ3n) is 3.87. The number of morpholine rings is 1. The van der Waals surface area contributed by atoms with Crippen LogP contribution in [0.3, 0.4) is 0 Å². The minimum absolute atomic E-state index is 0.0375. The number of carbonyl (C=O) groups is 1. The number of ether oxygens (including phenoxy) is 1. The first kappa shape index (κ1) is 17.7. The Kier molecular flexibility index (Phi) is 4.99. The summed E-state index contributed by atoms with van der Waals surface area (Å²) in [5.74, 6) is -0.144. The van der Waals surface area contributed by atoms with Crippen LogP contribution in [0.4, 0.5) is 11.4 Å². The summed E-state index contributed by atoms with van der Waals surface area (Å²) in [6.45, 7) is 2.79. The molecule has 3 rings (SSSR count). The highest BCUT2D eigenvalue weighted by Gasteiger charge is 2.21. The van der Waals surface area contributed by atoms with E-state index in [1.165, 1.54) is 12.1 Å². The molecule has 25 heavy (non-hydrogen) atoms. The lowest BCUT2D eigenvalue weighted by Crippen LogP contribution is -2.41. The van der Waals surface area contributed by atoms with E-state index >= 15 is 0 Å². The van der Waals surface area contributed by atoms with E-state index in [1.807, 2.05) is 6.92 Å². The van der Waals surface area contributed by atoms with Crippen molar-refractivity contribution in [3.63, 3.8) is 0 Å². The molecule has 132 valence electrons. The van der Waals surface area contributed by atoms with Gasteiger partial charge in [-0.1, -0.05) is 17.7 Å². The molecule has 0 atom stereocenters. The molecule has 1 fully saturated rings. The Morgan fingerprint density at radius 1 is 1.16 bits per heavy atom. The molecule has 1 N–H and O–H groups in total. The molecule has 8 heteroatoms. The lowest BCUT2D eigenvalue weighted by atomic mass is 10.2. The lowest BCUT2D eigenvalue weighted by molar-refractivity contribution is -0.125. The average molecular weight is 381 g/mol. The molecule has 1 aliphatic heterocycles. The van der Waals surface area contributed by atoms with Crippen LogP contribution < -0.4 is 9.62 Å². The molecule has 0 bridgehead atoms. The third kappa shape index (κ3) is 3.95. The predicted octanol–water partition coefficient (Wildman–Crippen LogP) is 2.81. The summed E-state index contributed by atoms with van der Waals surface area (Å²) in [6.07, 6.45) is 0. The number of halogens is 1. The second kappa shape index (κ2) is 7.03. The SMILES string of the molecule is Cc1ccc(NS(=O)(=O)c2ccc(N3CCOCC3=O)cc2)cc1Cl. The van der Waals surface area contributed by atoms with Crippen LogP contribution in [-0.4, -0.2) is 34.1 Å². The molecule has 1 saturated heterocycles. The van der Waals surface area contributed by atoms with Gasteiger partial charge in [0.15, 0.2) is 0 Å². The van der Waals surface area contributed by atoms with Gasteiger partial charge in [-0.2, -0.15) is 0 Å². The highest BCUT2D eigenvalue weighted by Crippen LogP contribution is 2.24. The maximum atomic E-state index is 12.5. The van der Waals surface area contributed by atoms with E-state index in [9.17, 15) is 13.2 Å². The monoisotopic (exact) mass is 380 g/mol. The van der Waals surface area contributed by atoms with E-state index in [1.54, 1.807) is 35.2 Å². The van der Waals surface area contributed by atoms with Crippen molar-refractivity contribution < 1.29 is 17.9 Å². The van der Waals surface area contributed by atoms with Crippen molar-refractivity contribution in [2.24, 2.45) is 0 Å². The number of rotatable bonds is 4. The first-order valence-electron chi connectivity index (χ1n) is 7.64. The summed E-state index contributed by atoms with van der Waals surface area (Å²) in [5, 5.41) is 0.487. The predicted molar refractivity (Wildman–Crippen MR) is 96.6 cm³/mol. The smallest absolute Gasteiger partial charge is 0.261 e. The fourth-order valence-electron chi connectivity index (χ4n) is 2.47. The Labute approximate surface area is 151 Å². The van der Waals surface area contributed by atoms with Gasteiger partial charge in [0, 0.05) is 17.3 Å². The molecular formula is C17H17ClN2O4S. The van der Waals surface area contributed by atoms with E-state index in [0.29, 0.717) is 29.5 Å². The summed E-state index contributed by atoms with van der Waals surface area (Å²) in [6, 6.07) is 11.1. The van der Waals surface area contributed by atoms with Crippen molar-refractivity contribution in [2.75, 3.05) is 29.4 Å². The minimum atomic E-state index is -3.74. The highest BCUT2D eigenvalue weighted by atomic mass is 35.5. The summed E-state index contributed by atoms with van der Waals surface area (Å²) in [5.41, 5.74) is 1.90. The highest BCUT2D eigenvalue weighted by molar-refractivity contribution is 7.92. The van der Waals surface area contributed by atoms with E-state index in [4.69, 9.17) is 16.3 Å². The summed E-state index contributed by atoms with van der Waals surface area (Å²) >= 11 is 6.03. The molecule has 2 aromatic rings. The number of carbonyl (C=O) groups excluding carboxylic acids is 1. The van der Waals surface area contributed by atoms with Crippen LogP contribution in [0.5, 0.6) is 0 Å². The van der Waals surface area contributed by atoms with Crippen LogP contribution in [0, 0.1) is 6.92 Å². The first-order valence-corrected chi connectivity index (χ1v) is 9.50. The van der Waals surface area contributed by atoms with Gasteiger partial charge in [0.2, 0.25) is 0 Å². The van der Waals surface area contributed by atoms with Crippen molar-refractivity contribution in [1.82, 2.24) is 0 Å². The van der Waals surface area contributed by atoms with Crippen LogP contribution in [0.15, 0.2) is 47.4 Å². The zero-order valence-corrected chi connectivity index (χ0v) is 15.1. The quantitative estimate of drug-likeness (QED) is 0.884. The van der Waals surface area contributed by atoms with Gasteiger partial charge < -0.3 is 9.64 Å². The van der Waals surface area contributed by atoms with Crippen LogP contribution >= 0.6 is 11.6 Å². The number of amides is 1. The van der Waals surface area contributed by atoms with Gasteiger partial charge in [-0.05, 0) is 48.9 Å². The standard InChI is InChI=1S/C17H17ClN2O4S/c1-12-2-3-13(10-16(12)18)19-25(22,23)15-6-4-14(5-7-15)20-8-9-24-11-17(20)21/h2-7,10,19H,8-9,11H2,1H3. The largest absolute Gasteiger partial charge is 0.370 e. The molecule has 0 unspecified atom stereocenters. The molecule has 1 aliphatic rings. The Bertz CT molecular complexity index is 897. The van der Waals surface area contributed by atoms with E-state index in [2.05, 4.69) is 4.72 Å². The van der Waals surface area contributed by atoms with E-state index in [-0.39, 0.29) is 17.4 Å². The van der Waals surface area contributed by atoms with Gasteiger partial charge in [0.05, 0.1) is 17.2 Å². The van der Waals surface area contributed by atoms with Crippen molar-refractivity contribution in [1.29, 1.82) is 0 Å². The number of nitrogens with zero attached hydrogens (tertiary/aromatic N) is 1. The molecule has 0 aliphatic carbocycles. The zero-order valence-electron chi connectivity index (χ0n) is 13.5. The topological polar surface area (TPSA) is 75.7 Å². The molecule has 2 aromatic carbocycles. The Hall–Kier alpha value is -2.09. The van der Waals surface area contributed by atoms with Crippen molar-refractivity contribution in [2.45, 2.75) is 11.8 Å². The van der Waals surface area contributed by atoms with Crippen LogP contribution in [-0.2, 0) is 19.6 Å². The normalized spacial score (nSPS) is 15.3.